The van der Waals surface area contributed by atoms with Gasteiger partial charge in [0.1, 0.15) is 5.92 Å². The first-order valence-electron chi connectivity index (χ1n) is 12.2. The van der Waals surface area contributed by atoms with Crippen LogP contribution in [0.5, 0.6) is 0 Å². The number of rotatable bonds is 10. The molecule has 3 rings (SSSR count). The highest BCUT2D eigenvalue weighted by atomic mass is 16.6. The van der Waals surface area contributed by atoms with Crippen molar-refractivity contribution in [2.75, 3.05) is 20.1 Å². The third kappa shape index (κ3) is 6.99. The van der Waals surface area contributed by atoms with E-state index in [4.69, 9.17) is 4.74 Å². The number of amides is 3. The fraction of sp³-hybridized carbons (Fsp3) is 0.407. The second kappa shape index (κ2) is 12.2. The molecule has 2 atom stereocenters. The molecule has 0 radical (unpaired) electrons. The van der Waals surface area contributed by atoms with Crippen LogP contribution in [0.15, 0.2) is 59.6 Å². The second-order valence-electron chi connectivity index (χ2n) is 9.32. The normalized spacial score (nSPS) is 17.4. The van der Waals surface area contributed by atoms with Crippen LogP contribution in [0.3, 0.4) is 0 Å². The maximum Gasteiger partial charge on any atom is 0.344 e. The average Bonchev–Trinajstić information content (AvgIpc) is 2.85. The standard InChI is InChI=1S/C27H32N4O6/c1-18(2)37-26(33)24-19(3)28-27(34)30(25(24)21-12-8-13-22(17-21)31(35)36)15-9-14-29(4)23(32)16-20-10-6-5-7-11-20/h5-8,10-13,17-18,24-25H,9,14-16H2,1-4H3. The molecule has 1 aliphatic rings. The molecule has 196 valence electrons. The fourth-order valence-corrected chi connectivity index (χ4v) is 4.35. The van der Waals surface area contributed by atoms with Crippen molar-refractivity contribution in [3.05, 3.63) is 75.8 Å². The zero-order valence-corrected chi connectivity index (χ0v) is 21.5. The van der Waals surface area contributed by atoms with E-state index < -0.39 is 28.9 Å². The minimum absolute atomic E-state index is 0.0568. The van der Waals surface area contributed by atoms with Crippen molar-refractivity contribution in [1.82, 2.24) is 9.80 Å². The lowest BCUT2D eigenvalue weighted by atomic mass is 9.86. The van der Waals surface area contributed by atoms with Crippen molar-refractivity contribution >= 4 is 29.3 Å². The summed E-state index contributed by atoms with van der Waals surface area (Å²) < 4.78 is 5.46. The monoisotopic (exact) mass is 508 g/mol. The zero-order chi connectivity index (χ0) is 27.1. The lowest BCUT2D eigenvalue weighted by Crippen LogP contribution is -2.48. The first-order valence-corrected chi connectivity index (χ1v) is 12.2. The van der Waals surface area contributed by atoms with Gasteiger partial charge in [-0.2, -0.15) is 0 Å². The maximum atomic E-state index is 13.1. The summed E-state index contributed by atoms with van der Waals surface area (Å²) in [6, 6.07) is 13.9. The van der Waals surface area contributed by atoms with Crippen LogP contribution in [-0.2, 0) is 20.7 Å². The van der Waals surface area contributed by atoms with Crippen LogP contribution in [0, 0.1) is 16.0 Å². The molecule has 37 heavy (non-hydrogen) atoms. The minimum atomic E-state index is -0.917. The number of ether oxygens (including phenoxy) is 1. The van der Waals surface area contributed by atoms with Crippen LogP contribution >= 0.6 is 0 Å². The first-order chi connectivity index (χ1) is 17.6. The van der Waals surface area contributed by atoms with E-state index in [2.05, 4.69) is 4.99 Å². The fourth-order valence-electron chi connectivity index (χ4n) is 4.35. The largest absolute Gasteiger partial charge is 0.462 e. The predicted octanol–water partition coefficient (Wildman–Crippen LogP) is 4.19. The van der Waals surface area contributed by atoms with Gasteiger partial charge in [-0.05, 0) is 38.3 Å². The molecule has 0 fully saturated rings. The van der Waals surface area contributed by atoms with E-state index in [-0.39, 0.29) is 30.7 Å². The van der Waals surface area contributed by atoms with Crippen LogP contribution in [0.25, 0.3) is 0 Å². The summed E-state index contributed by atoms with van der Waals surface area (Å²) in [5.41, 5.74) is 1.49. The summed E-state index contributed by atoms with van der Waals surface area (Å²) in [7, 11) is 1.70. The first kappa shape index (κ1) is 27.5. The smallest absolute Gasteiger partial charge is 0.344 e. The molecule has 2 aromatic carbocycles. The van der Waals surface area contributed by atoms with Gasteiger partial charge in [0, 0.05) is 38.0 Å². The van der Waals surface area contributed by atoms with Crippen LogP contribution in [0.2, 0.25) is 0 Å². The van der Waals surface area contributed by atoms with Crippen molar-refractivity contribution in [3.63, 3.8) is 0 Å². The number of carbonyl (C=O) groups excluding carboxylic acids is 3. The van der Waals surface area contributed by atoms with Crippen molar-refractivity contribution in [2.45, 2.75) is 45.8 Å². The summed E-state index contributed by atoms with van der Waals surface area (Å²) in [5, 5.41) is 11.4. The van der Waals surface area contributed by atoms with Crippen molar-refractivity contribution in [3.8, 4) is 0 Å². The van der Waals surface area contributed by atoms with Gasteiger partial charge in [-0.3, -0.25) is 19.7 Å². The van der Waals surface area contributed by atoms with Crippen LogP contribution in [0.4, 0.5) is 10.5 Å². The predicted molar refractivity (Wildman–Crippen MR) is 138 cm³/mol. The van der Waals surface area contributed by atoms with Crippen molar-refractivity contribution in [1.29, 1.82) is 0 Å². The Labute approximate surface area is 216 Å². The lowest BCUT2D eigenvalue weighted by Gasteiger charge is -2.39. The van der Waals surface area contributed by atoms with E-state index >= 15 is 0 Å². The third-order valence-corrected chi connectivity index (χ3v) is 6.16. The number of aliphatic imine (C=N–C) groups is 1. The number of nitro groups is 1. The molecule has 2 unspecified atom stereocenters. The highest BCUT2D eigenvalue weighted by molar-refractivity contribution is 6.08. The van der Waals surface area contributed by atoms with Crippen molar-refractivity contribution in [2.24, 2.45) is 10.9 Å². The molecule has 0 N–H and O–H groups in total. The molecule has 0 bridgehead atoms. The van der Waals surface area contributed by atoms with Gasteiger partial charge < -0.3 is 14.5 Å². The summed E-state index contributed by atoms with van der Waals surface area (Å²) >= 11 is 0. The van der Waals surface area contributed by atoms with Crippen LogP contribution in [-0.4, -0.2) is 64.6 Å². The van der Waals surface area contributed by atoms with Gasteiger partial charge in [0.15, 0.2) is 0 Å². The van der Waals surface area contributed by atoms with Gasteiger partial charge >= 0.3 is 12.0 Å². The Morgan fingerprint density at radius 2 is 1.86 bits per heavy atom. The van der Waals surface area contributed by atoms with Gasteiger partial charge in [0.05, 0.1) is 23.5 Å². The second-order valence-corrected chi connectivity index (χ2v) is 9.32. The Morgan fingerprint density at radius 3 is 2.51 bits per heavy atom. The number of hydrogen-bond acceptors (Lipinski definition) is 6. The number of nitro benzene ring substituents is 1. The molecule has 0 aromatic heterocycles. The van der Waals surface area contributed by atoms with E-state index in [1.165, 1.54) is 23.1 Å². The topological polar surface area (TPSA) is 122 Å². The average molecular weight is 509 g/mol. The number of urea groups is 1. The number of hydrogen-bond donors (Lipinski definition) is 0. The van der Waals surface area contributed by atoms with Gasteiger partial charge in [-0.25, -0.2) is 9.79 Å². The third-order valence-electron chi connectivity index (χ3n) is 6.16. The maximum absolute atomic E-state index is 13.1. The molecular formula is C27H32N4O6. The van der Waals surface area contributed by atoms with E-state index in [1.54, 1.807) is 38.8 Å². The number of likely N-dealkylation sites (N-methyl/N-ethyl adjacent to an activating group) is 1. The number of carbonyl (C=O) groups is 3. The molecule has 1 aliphatic heterocycles. The van der Waals surface area contributed by atoms with E-state index in [1.807, 2.05) is 30.3 Å². The number of nitrogens with zero attached hydrogens (tertiary/aromatic N) is 4. The van der Waals surface area contributed by atoms with Crippen molar-refractivity contribution < 1.29 is 24.0 Å². The van der Waals surface area contributed by atoms with Crippen LogP contribution in [0.1, 0.15) is 44.4 Å². The molecular weight excluding hydrogens is 476 g/mol. The zero-order valence-electron chi connectivity index (χ0n) is 21.5. The molecule has 10 heteroatoms. The highest BCUT2D eigenvalue weighted by Gasteiger charge is 2.43. The summed E-state index contributed by atoms with van der Waals surface area (Å²) in [4.78, 5) is 56.8. The molecule has 0 spiro atoms. The Bertz CT molecular complexity index is 1180. The van der Waals surface area contributed by atoms with E-state index in [0.717, 1.165) is 5.56 Å². The van der Waals surface area contributed by atoms with Gasteiger partial charge in [0.2, 0.25) is 5.91 Å². The Kier molecular flexibility index (Phi) is 9.10. The molecule has 2 aromatic rings. The summed E-state index contributed by atoms with van der Waals surface area (Å²) in [6.07, 6.45) is 0.304. The highest BCUT2D eigenvalue weighted by Crippen LogP contribution is 2.36. The van der Waals surface area contributed by atoms with E-state index in [9.17, 15) is 24.5 Å². The molecule has 1 heterocycles. The SMILES string of the molecule is CC1=NC(=O)N(CCCN(C)C(=O)Cc2ccccc2)C(c2cccc([N+](=O)[O-])c2)C1C(=O)OC(C)C. The molecule has 0 saturated carbocycles. The quantitative estimate of drug-likeness (QED) is 0.269. The Balaban J connectivity index is 1.82. The van der Waals surface area contributed by atoms with Gasteiger partial charge in [-0.15, -0.1) is 0 Å². The Hall–Kier alpha value is -4.08. The molecule has 10 nitrogen and oxygen atoms in total. The molecule has 0 aliphatic carbocycles. The number of benzene rings is 2. The number of non-ortho nitro benzene ring substituents is 1. The minimum Gasteiger partial charge on any atom is -0.462 e. The van der Waals surface area contributed by atoms with Gasteiger partial charge in [0.25, 0.3) is 5.69 Å². The Morgan fingerprint density at radius 1 is 1.16 bits per heavy atom. The summed E-state index contributed by atoms with van der Waals surface area (Å²) in [5.74, 6) is -1.53. The van der Waals surface area contributed by atoms with E-state index in [0.29, 0.717) is 24.2 Å². The van der Waals surface area contributed by atoms with Gasteiger partial charge in [-0.1, -0.05) is 42.5 Å². The molecule has 3 amide bonds. The summed E-state index contributed by atoms with van der Waals surface area (Å²) in [6.45, 7) is 5.60. The molecule has 0 saturated heterocycles. The number of esters is 1. The lowest BCUT2D eigenvalue weighted by molar-refractivity contribution is -0.385. The van der Waals surface area contributed by atoms with Crippen LogP contribution < -0.4 is 0 Å².